The number of fused-ring (bicyclic) bond motifs is 3. The second-order valence-corrected chi connectivity index (χ2v) is 9.55. The fourth-order valence-electron chi connectivity index (χ4n) is 5.12. The van der Waals surface area contributed by atoms with E-state index in [1.54, 1.807) is 11.0 Å². The lowest BCUT2D eigenvalue weighted by Crippen LogP contribution is -2.57. The van der Waals surface area contributed by atoms with Crippen molar-refractivity contribution in [1.82, 2.24) is 10.2 Å². The minimum atomic E-state index is -1.03. The van der Waals surface area contributed by atoms with Gasteiger partial charge in [-0.2, -0.15) is 0 Å². The summed E-state index contributed by atoms with van der Waals surface area (Å²) in [4.78, 5) is 28.4. The van der Waals surface area contributed by atoms with Crippen LogP contribution in [0.1, 0.15) is 38.2 Å². The first-order chi connectivity index (χ1) is 16.9. The van der Waals surface area contributed by atoms with Crippen LogP contribution in [0, 0.1) is 5.92 Å². The maximum absolute atomic E-state index is 13.6. The molecule has 192 valence electrons. The van der Waals surface area contributed by atoms with E-state index in [-0.39, 0.29) is 37.0 Å². The van der Waals surface area contributed by atoms with E-state index in [4.69, 9.17) is 14.2 Å². The fourth-order valence-corrected chi connectivity index (χ4v) is 5.12. The SMILES string of the molecule is CC(C)OCCCN(C(=O)C1CCOC1)[C@@H]1C=C(C(=O)NCCO)[C@@H]2c3ccccc3O[C@@H]2[C@H]1O. The van der Waals surface area contributed by atoms with Gasteiger partial charge in [-0.1, -0.05) is 18.2 Å². The van der Waals surface area contributed by atoms with Crippen LogP contribution in [0.25, 0.3) is 0 Å². The Hall–Kier alpha value is -2.46. The lowest BCUT2D eigenvalue weighted by molar-refractivity contribution is -0.141. The normalized spacial score (nSPS) is 27.1. The number of hydrogen-bond acceptors (Lipinski definition) is 7. The summed E-state index contributed by atoms with van der Waals surface area (Å²) in [6.45, 7) is 5.57. The lowest BCUT2D eigenvalue weighted by Gasteiger charge is -2.41. The average molecular weight is 489 g/mol. The number of aliphatic hydroxyl groups is 2. The molecule has 4 rings (SSSR count). The van der Waals surface area contributed by atoms with Crippen LogP contribution < -0.4 is 10.1 Å². The zero-order valence-electron chi connectivity index (χ0n) is 20.4. The Bertz CT molecular complexity index is 928. The van der Waals surface area contributed by atoms with Gasteiger partial charge >= 0.3 is 0 Å². The number of carbonyl (C=O) groups excluding carboxylic acids is 2. The zero-order chi connectivity index (χ0) is 24.9. The Morgan fingerprint density at radius 3 is 2.80 bits per heavy atom. The molecule has 0 saturated carbocycles. The molecular weight excluding hydrogens is 452 g/mol. The molecule has 0 bridgehead atoms. The summed E-state index contributed by atoms with van der Waals surface area (Å²) in [5, 5.41) is 23.4. The molecule has 35 heavy (non-hydrogen) atoms. The molecule has 3 N–H and O–H groups in total. The van der Waals surface area contributed by atoms with Crippen molar-refractivity contribution in [3.63, 3.8) is 0 Å². The van der Waals surface area contributed by atoms with E-state index in [0.29, 0.717) is 50.5 Å². The third kappa shape index (κ3) is 5.53. The monoisotopic (exact) mass is 488 g/mol. The van der Waals surface area contributed by atoms with Gasteiger partial charge in [-0.05, 0) is 38.8 Å². The van der Waals surface area contributed by atoms with Gasteiger partial charge in [-0.3, -0.25) is 9.59 Å². The average Bonchev–Trinajstić information content (AvgIpc) is 3.52. The summed E-state index contributed by atoms with van der Waals surface area (Å²) in [5.41, 5.74) is 1.26. The highest BCUT2D eigenvalue weighted by molar-refractivity contribution is 5.96. The number of aliphatic hydroxyl groups excluding tert-OH is 2. The number of rotatable bonds is 10. The van der Waals surface area contributed by atoms with Gasteiger partial charge in [0.15, 0.2) is 0 Å². The molecule has 1 unspecified atom stereocenters. The fraction of sp³-hybridized carbons (Fsp3) is 0.615. The molecule has 1 aliphatic carbocycles. The van der Waals surface area contributed by atoms with Gasteiger partial charge in [0.2, 0.25) is 11.8 Å². The van der Waals surface area contributed by atoms with E-state index in [1.807, 2.05) is 38.1 Å². The van der Waals surface area contributed by atoms with Crippen molar-refractivity contribution in [3.8, 4) is 5.75 Å². The number of amides is 2. The Labute approximate surface area is 206 Å². The van der Waals surface area contributed by atoms with E-state index in [1.165, 1.54) is 0 Å². The molecular formula is C26H36N2O7. The maximum atomic E-state index is 13.6. The van der Waals surface area contributed by atoms with Gasteiger partial charge in [0, 0.05) is 37.4 Å². The van der Waals surface area contributed by atoms with Gasteiger partial charge in [0.1, 0.15) is 18.0 Å². The summed E-state index contributed by atoms with van der Waals surface area (Å²) in [7, 11) is 0. The Morgan fingerprint density at radius 1 is 1.29 bits per heavy atom. The standard InChI is InChI=1S/C26H36N2O7/c1-16(2)34-12-5-10-28(26(32)17-8-13-33-15-17)20-14-19(25(31)27-9-11-29)22-18-6-3-4-7-21(18)35-24(22)23(20)30/h3-4,6-7,14,16-17,20,22-24,29-30H,5,8-13,15H2,1-2H3,(H,27,31)/t17?,20-,22+,23+,24+/m1/s1. The molecule has 9 heteroatoms. The molecule has 5 atom stereocenters. The molecule has 9 nitrogen and oxygen atoms in total. The highest BCUT2D eigenvalue weighted by atomic mass is 16.5. The van der Waals surface area contributed by atoms with Crippen LogP contribution in [0.4, 0.5) is 0 Å². The number of carbonyl (C=O) groups is 2. The van der Waals surface area contributed by atoms with Gasteiger partial charge in [0.25, 0.3) is 0 Å². The highest BCUT2D eigenvalue weighted by Gasteiger charge is 2.50. The predicted molar refractivity (Wildman–Crippen MR) is 128 cm³/mol. The molecule has 3 aliphatic rings. The molecule has 1 aromatic rings. The van der Waals surface area contributed by atoms with Crippen molar-refractivity contribution in [2.75, 3.05) is 39.5 Å². The number of hydrogen-bond donors (Lipinski definition) is 3. The van der Waals surface area contributed by atoms with Crippen LogP contribution in [0.15, 0.2) is 35.9 Å². The van der Waals surface area contributed by atoms with E-state index >= 15 is 0 Å². The number of para-hydroxylation sites is 1. The first-order valence-corrected chi connectivity index (χ1v) is 12.5. The highest BCUT2D eigenvalue weighted by Crippen LogP contribution is 2.47. The predicted octanol–water partition coefficient (Wildman–Crippen LogP) is 0.989. The third-order valence-electron chi connectivity index (χ3n) is 6.79. The summed E-state index contributed by atoms with van der Waals surface area (Å²) in [5.74, 6) is -0.572. The van der Waals surface area contributed by atoms with Crippen molar-refractivity contribution in [2.45, 2.75) is 57.0 Å². The van der Waals surface area contributed by atoms with Crippen molar-refractivity contribution < 1.29 is 34.0 Å². The summed E-state index contributed by atoms with van der Waals surface area (Å²) >= 11 is 0. The molecule has 0 aromatic heterocycles. The Kier molecular flexibility index (Phi) is 8.43. The van der Waals surface area contributed by atoms with E-state index in [9.17, 15) is 19.8 Å². The zero-order valence-corrected chi connectivity index (χ0v) is 20.4. The first kappa shape index (κ1) is 25.6. The second kappa shape index (κ2) is 11.5. The summed E-state index contributed by atoms with van der Waals surface area (Å²) in [6.07, 6.45) is 1.27. The quantitative estimate of drug-likeness (QED) is 0.421. The first-order valence-electron chi connectivity index (χ1n) is 12.5. The molecule has 1 fully saturated rings. The number of ether oxygens (including phenoxy) is 3. The van der Waals surface area contributed by atoms with E-state index in [0.717, 1.165) is 5.56 Å². The molecule has 1 saturated heterocycles. The van der Waals surface area contributed by atoms with Crippen molar-refractivity contribution in [3.05, 3.63) is 41.5 Å². The van der Waals surface area contributed by atoms with E-state index < -0.39 is 24.2 Å². The Morgan fingerprint density at radius 2 is 2.09 bits per heavy atom. The van der Waals surface area contributed by atoms with Crippen molar-refractivity contribution in [2.24, 2.45) is 5.92 Å². The minimum Gasteiger partial charge on any atom is -0.486 e. The van der Waals surface area contributed by atoms with Crippen LogP contribution in [-0.2, 0) is 19.1 Å². The van der Waals surface area contributed by atoms with Crippen molar-refractivity contribution >= 4 is 11.8 Å². The van der Waals surface area contributed by atoms with Crippen LogP contribution in [0.2, 0.25) is 0 Å². The smallest absolute Gasteiger partial charge is 0.247 e. The lowest BCUT2D eigenvalue weighted by atomic mass is 9.77. The van der Waals surface area contributed by atoms with Gasteiger partial charge < -0.3 is 34.6 Å². The van der Waals surface area contributed by atoms with Gasteiger partial charge in [0.05, 0.1) is 37.2 Å². The van der Waals surface area contributed by atoms with Crippen LogP contribution in [-0.4, -0.2) is 90.8 Å². The molecule has 0 radical (unpaired) electrons. The minimum absolute atomic E-state index is 0.0792. The van der Waals surface area contributed by atoms with Crippen LogP contribution >= 0.6 is 0 Å². The number of nitrogens with one attached hydrogen (secondary N) is 1. The van der Waals surface area contributed by atoms with Gasteiger partial charge in [-0.15, -0.1) is 0 Å². The molecule has 2 heterocycles. The van der Waals surface area contributed by atoms with Crippen molar-refractivity contribution in [1.29, 1.82) is 0 Å². The maximum Gasteiger partial charge on any atom is 0.247 e. The van der Waals surface area contributed by atoms with E-state index in [2.05, 4.69) is 5.32 Å². The largest absolute Gasteiger partial charge is 0.486 e. The van der Waals surface area contributed by atoms with Crippen LogP contribution in [0.3, 0.4) is 0 Å². The van der Waals surface area contributed by atoms with Crippen LogP contribution in [0.5, 0.6) is 5.75 Å². The molecule has 1 aromatic carbocycles. The summed E-state index contributed by atoms with van der Waals surface area (Å²) < 4.78 is 17.3. The molecule has 2 amide bonds. The second-order valence-electron chi connectivity index (χ2n) is 9.55. The number of nitrogens with zero attached hydrogens (tertiary/aromatic N) is 1. The third-order valence-corrected chi connectivity index (χ3v) is 6.79. The molecule has 0 spiro atoms. The Balaban J connectivity index is 1.66. The topological polar surface area (TPSA) is 118 Å². The number of benzene rings is 1. The summed E-state index contributed by atoms with van der Waals surface area (Å²) in [6, 6.07) is 6.69. The molecule has 2 aliphatic heterocycles. The van der Waals surface area contributed by atoms with Gasteiger partial charge in [-0.25, -0.2) is 0 Å².